The predicted molar refractivity (Wildman–Crippen MR) is 39.1 cm³/mol. The molecule has 2 aliphatic rings. The molecule has 0 radical (unpaired) electrons. The van der Waals surface area contributed by atoms with Crippen LogP contribution in [-0.2, 0) is 4.79 Å². The van der Waals surface area contributed by atoms with Gasteiger partial charge in [0.1, 0.15) is 0 Å². The van der Waals surface area contributed by atoms with Gasteiger partial charge in [-0.1, -0.05) is 24.3 Å². The molecule has 13 heavy (non-hydrogen) atoms. The van der Waals surface area contributed by atoms with Crippen molar-refractivity contribution in [3.63, 3.8) is 0 Å². The number of carboxylic acids is 1. The maximum Gasteiger partial charge on any atom is 0.490 e. The summed E-state index contributed by atoms with van der Waals surface area (Å²) in [5.41, 5.74) is 2.85. The number of halogens is 3. The van der Waals surface area contributed by atoms with Gasteiger partial charge in [0, 0.05) is 0 Å². The van der Waals surface area contributed by atoms with Gasteiger partial charge in [-0.2, -0.15) is 13.2 Å². The number of aliphatic carboxylic acids is 1. The van der Waals surface area contributed by atoms with Crippen molar-refractivity contribution >= 4 is 5.97 Å². The van der Waals surface area contributed by atoms with Crippen LogP contribution in [0.15, 0.2) is 24.3 Å². The molecule has 0 fully saturated rings. The highest BCUT2D eigenvalue weighted by atomic mass is 19.4. The van der Waals surface area contributed by atoms with E-state index in [1.165, 1.54) is 11.1 Å². The molecule has 0 spiro atoms. The molecule has 0 aromatic carbocycles. The summed E-state index contributed by atoms with van der Waals surface area (Å²) >= 11 is 0. The summed E-state index contributed by atoms with van der Waals surface area (Å²) in [6.07, 6.45) is -5.08. The maximum absolute atomic E-state index is 10.6. The number of benzene rings is 1. The van der Waals surface area contributed by atoms with Gasteiger partial charge >= 0.3 is 12.1 Å². The first kappa shape index (κ1) is 9.57. The average Bonchev–Trinajstić information content (AvgIpc) is 1.96. The number of carboxylic acid groups (broad SMARTS) is 1. The number of hydrogen-bond acceptors (Lipinski definition) is 1. The van der Waals surface area contributed by atoms with Crippen molar-refractivity contribution in [2.24, 2.45) is 0 Å². The molecular formula is C8H5F3O2. The summed E-state index contributed by atoms with van der Waals surface area (Å²) in [5, 5.41) is 7.12. The molecule has 2 rings (SSSR count). The van der Waals surface area contributed by atoms with E-state index in [4.69, 9.17) is 9.90 Å². The molecule has 0 saturated heterocycles. The molecule has 1 N–H and O–H groups in total. The smallest absolute Gasteiger partial charge is 0.475 e. The van der Waals surface area contributed by atoms with Crippen molar-refractivity contribution in [1.82, 2.24) is 0 Å². The molecule has 2 aliphatic carbocycles. The minimum atomic E-state index is -5.08. The molecule has 0 unspecified atom stereocenters. The highest BCUT2D eigenvalue weighted by molar-refractivity contribution is 5.75. The molecule has 0 atom stereocenters. The molecule has 2 nitrogen and oxygen atoms in total. The molecule has 70 valence electrons. The van der Waals surface area contributed by atoms with E-state index >= 15 is 0 Å². The van der Waals surface area contributed by atoms with E-state index in [0.717, 1.165) is 0 Å². The van der Waals surface area contributed by atoms with Crippen LogP contribution in [0.2, 0.25) is 0 Å². The van der Waals surface area contributed by atoms with Gasteiger partial charge in [0.2, 0.25) is 0 Å². The third-order valence-corrected chi connectivity index (χ3v) is 1.46. The SMILES string of the molecule is O=C(O)C(F)(F)F.c1cc2ccc1-2. The summed E-state index contributed by atoms with van der Waals surface area (Å²) < 4.78 is 31.7. The number of fused-ring (bicyclic) bond motifs is 1. The van der Waals surface area contributed by atoms with Crippen LogP contribution in [0.1, 0.15) is 0 Å². The highest BCUT2D eigenvalue weighted by Crippen LogP contribution is 2.29. The second-order valence-corrected chi connectivity index (χ2v) is 2.38. The van der Waals surface area contributed by atoms with E-state index in [-0.39, 0.29) is 0 Å². The number of hydrogen-bond donors (Lipinski definition) is 1. The Morgan fingerprint density at radius 1 is 1.08 bits per heavy atom. The van der Waals surface area contributed by atoms with E-state index in [0.29, 0.717) is 0 Å². The summed E-state index contributed by atoms with van der Waals surface area (Å²) in [4.78, 5) is 8.90. The molecule has 0 aromatic rings. The van der Waals surface area contributed by atoms with E-state index in [2.05, 4.69) is 24.3 Å². The van der Waals surface area contributed by atoms with Crippen molar-refractivity contribution in [2.75, 3.05) is 0 Å². The van der Waals surface area contributed by atoms with Crippen molar-refractivity contribution < 1.29 is 23.1 Å². The summed E-state index contributed by atoms with van der Waals surface area (Å²) in [6, 6.07) is 8.48. The number of alkyl halides is 3. The predicted octanol–water partition coefficient (Wildman–Crippen LogP) is 2.30. The van der Waals surface area contributed by atoms with Gasteiger partial charge in [-0.25, -0.2) is 4.79 Å². The monoisotopic (exact) mass is 190 g/mol. The Bertz CT molecular complexity index is 292. The molecule has 0 heterocycles. The third-order valence-electron chi connectivity index (χ3n) is 1.46. The largest absolute Gasteiger partial charge is 0.490 e. The number of rotatable bonds is 0. The zero-order valence-corrected chi connectivity index (χ0v) is 6.30. The fourth-order valence-corrected chi connectivity index (χ4v) is 0.663. The Hall–Kier alpha value is -1.52. The van der Waals surface area contributed by atoms with E-state index in [1.54, 1.807) is 0 Å². The summed E-state index contributed by atoms with van der Waals surface area (Å²) in [5.74, 6) is -2.76. The lowest BCUT2D eigenvalue weighted by Gasteiger charge is -2.10. The third kappa shape index (κ3) is 2.21. The second kappa shape index (κ2) is 3.08. The van der Waals surface area contributed by atoms with Crippen LogP contribution in [-0.4, -0.2) is 17.3 Å². The quantitative estimate of drug-likeness (QED) is 0.692. The van der Waals surface area contributed by atoms with Gasteiger partial charge in [-0.05, 0) is 11.1 Å². The van der Waals surface area contributed by atoms with Crippen LogP contribution in [0.3, 0.4) is 0 Å². The summed E-state index contributed by atoms with van der Waals surface area (Å²) in [6.45, 7) is 0. The van der Waals surface area contributed by atoms with Crippen LogP contribution in [0.25, 0.3) is 11.1 Å². The minimum absolute atomic E-state index is 1.43. The topological polar surface area (TPSA) is 37.3 Å². The van der Waals surface area contributed by atoms with Gasteiger partial charge in [0.15, 0.2) is 0 Å². The van der Waals surface area contributed by atoms with Crippen LogP contribution in [0.4, 0.5) is 13.2 Å². The molecule has 0 amide bonds. The van der Waals surface area contributed by atoms with Gasteiger partial charge in [-0.15, -0.1) is 0 Å². The minimum Gasteiger partial charge on any atom is -0.475 e. The summed E-state index contributed by atoms with van der Waals surface area (Å²) in [7, 11) is 0. The molecule has 5 heteroatoms. The fourth-order valence-electron chi connectivity index (χ4n) is 0.663. The van der Waals surface area contributed by atoms with Crippen LogP contribution < -0.4 is 0 Å². The van der Waals surface area contributed by atoms with Gasteiger partial charge in [0.25, 0.3) is 0 Å². The van der Waals surface area contributed by atoms with Crippen LogP contribution in [0, 0.1) is 0 Å². The average molecular weight is 190 g/mol. The lowest BCUT2D eigenvalue weighted by molar-refractivity contribution is -0.192. The normalized spacial score (nSPS) is 11.3. The van der Waals surface area contributed by atoms with Crippen molar-refractivity contribution in [1.29, 1.82) is 0 Å². The second-order valence-electron chi connectivity index (χ2n) is 2.38. The molecule has 0 aromatic heterocycles. The number of carbonyl (C=O) groups is 1. The first-order chi connectivity index (χ1) is 5.91. The highest BCUT2D eigenvalue weighted by Gasteiger charge is 2.38. The van der Waals surface area contributed by atoms with Gasteiger partial charge < -0.3 is 5.11 Å². The van der Waals surface area contributed by atoms with Crippen LogP contribution in [0.5, 0.6) is 0 Å². The maximum atomic E-state index is 10.6. The van der Waals surface area contributed by atoms with Crippen molar-refractivity contribution in [3.8, 4) is 11.1 Å². The van der Waals surface area contributed by atoms with E-state index in [1.807, 2.05) is 0 Å². The Morgan fingerprint density at radius 2 is 1.31 bits per heavy atom. The first-order valence-corrected chi connectivity index (χ1v) is 3.32. The van der Waals surface area contributed by atoms with Crippen molar-refractivity contribution in [2.45, 2.75) is 6.18 Å². The Labute approximate surface area is 71.6 Å². The van der Waals surface area contributed by atoms with Gasteiger partial charge in [0.05, 0.1) is 0 Å². The Kier molecular flexibility index (Phi) is 2.27. The van der Waals surface area contributed by atoms with E-state index < -0.39 is 12.1 Å². The van der Waals surface area contributed by atoms with Crippen LogP contribution >= 0.6 is 0 Å². The zero-order valence-electron chi connectivity index (χ0n) is 6.30. The van der Waals surface area contributed by atoms with Crippen molar-refractivity contribution in [3.05, 3.63) is 24.3 Å². The first-order valence-electron chi connectivity index (χ1n) is 3.32. The fraction of sp³-hybridized carbons (Fsp3) is 0.125. The Balaban J connectivity index is 0.000000130. The Morgan fingerprint density at radius 3 is 1.31 bits per heavy atom. The molecule has 0 aliphatic heterocycles. The van der Waals surface area contributed by atoms with Gasteiger partial charge in [-0.3, -0.25) is 0 Å². The van der Waals surface area contributed by atoms with E-state index in [9.17, 15) is 13.2 Å². The molecule has 0 bridgehead atoms. The zero-order chi connectivity index (χ0) is 10.1. The lowest BCUT2D eigenvalue weighted by atomic mass is 9.95. The molecular weight excluding hydrogens is 185 g/mol. The standard InChI is InChI=1S/C6H4.C2HF3O2/c1-2-6-4-3-5(1)6;3-2(4,5)1(6)7/h1-4H;(H,6,7). The molecule has 0 saturated carbocycles. The lowest BCUT2D eigenvalue weighted by Crippen LogP contribution is -2.21.